The fourth-order valence-corrected chi connectivity index (χ4v) is 1.86. The summed E-state index contributed by atoms with van der Waals surface area (Å²) in [7, 11) is 1.40. The molecule has 1 N–H and O–H groups in total. The van der Waals surface area contributed by atoms with Crippen LogP contribution in [0.5, 0.6) is 6.08 Å². The lowest BCUT2D eigenvalue weighted by Gasteiger charge is -1.96. The molecule has 1 aromatic heterocycles. The van der Waals surface area contributed by atoms with Gasteiger partial charge < -0.3 is 9.52 Å². The molecule has 0 aliphatic rings. The molecule has 0 unspecified atom stereocenters. The van der Waals surface area contributed by atoms with E-state index < -0.39 is 15.1 Å². The van der Waals surface area contributed by atoms with Gasteiger partial charge in [0.25, 0.3) is 14.9 Å². The van der Waals surface area contributed by atoms with Crippen LogP contribution in [0.25, 0.3) is 11.5 Å². The molecule has 0 atom stereocenters. The highest BCUT2D eigenvalue weighted by Gasteiger charge is 2.11. The molecule has 2 aromatic rings. The molecule has 0 radical (unpaired) electrons. The predicted molar refractivity (Wildman–Crippen MR) is 54.4 cm³/mol. The Morgan fingerprint density at radius 3 is 2.25 bits per heavy atom. The van der Waals surface area contributed by atoms with Gasteiger partial charge in [0, 0.05) is 16.2 Å². The lowest BCUT2D eigenvalue weighted by molar-refractivity contribution is 0.320. The number of aromatic hydroxyl groups is 1. The molecule has 1 aromatic carbocycles. The number of halogens is 1. The first kappa shape index (κ1) is 10.9. The van der Waals surface area contributed by atoms with E-state index in [4.69, 9.17) is 20.2 Å². The highest BCUT2D eigenvalue weighted by atomic mass is 35.7. The number of benzene rings is 1. The van der Waals surface area contributed by atoms with Crippen molar-refractivity contribution in [3.63, 3.8) is 0 Å². The summed E-state index contributed by atoms with van der Waals surface area (Å²) in [6.45, 7) is 0. The minimum absolute atomic E-state index is 0.0262. The first-order chi connectivity index (χ1) is 7.47. The monoisotopic (exact) mass is 260 g/mol. The van der Waals surface area contributed by atoms with Gasteiger partial charge in [0.1, 0.15) is 0 Å². The van der Waals surface area contributed by atoms with Gasteiger partial charge in [-0.15, -0.1) is 5.10 Å². The molecular weight excluding hydrogens is 256 g/mol. The van der Waals surface area contributed by atoms with Crippen molar-refractivity contribution in [1.82, 2.24) is 10.2 Å². The molecule has 0 amide bonds. The predicted octanol–water partition coefficient (Wildman–Crippen LogP) is 1.37. The van der Waals surface area contributed by atoms with Gasteiger partial charge in [0.15, 0.2) is 0 Å². The van der Waals surface area contributed by atoms with Crippen molar-refractivity contribution in [3.8, 4) is 17.5 Å². The second-order valence-electron chi connectivity index (χ2n) is 2.85. The van der Waals surface area contributed by atoms with Crippen LogP contribution < -0.4 is 0 Å². The molecule has 6 nitrogen and oxygen atoms in total. The third-order valence-corrected chi connectivity index (χ3v) is 3.17. The Balaban J connectivity index is 2.40. The van der Waals surface area contributed by atoms with Crippen LogP contribution in [0.2, 0.25) is 0 Å². The zero-order valence-electron chi connectivity index (χ0n) is 7.66. The van der Waals surface area contributed by atoms with Gasteiger partial charge in [0.2, 0.25) is 0 Å². The minimum Gasteiger partial charge on any atom is -0.465 e. The molecule has 84 valence electrons. The van der Waals surface area contributed by atoms with E-state index in [0.29, 0.717) is 5.56 Å². The zero-order valence-corrected chi connectivity index (χ0v) is 9.23. The number of rotatable bonds is 2. The Labute approximate surface area is 94.9 Å². The molecule has 8 heteroatoms. The largest absolute Gasteiger partial charge is 0.465 e. The average Bonchev–Trinajstić information content (AvgIpc) is 2.64. The maximum atomic E-state index is 11.0. The van der Waals surface area contributed by atoms with Crippen LogP contribution in [0, 0.1) is 0 Å². The van der Waals surface area contributed by atoms with E-state index in [1.54, 1.807) is 0 Å². The molecule has 0 saturated carbocycles. The van der Waals surface area contributed by atoms with E-state index in [0.717, 1.165) is 0 Å². The van der Waals surface area contributed by atoms with Crippen LogP contribution in [0.1, 0.15) is 0 Å². The number of hydrogen-bond donors (Lipinski definition) is 1. The van der Waals surface area contributed by atoms with Crippen LogP contribution in [-0.4, -0.2) is 23.7 Å². The Morgan fingerprint density at radius 1 is 1.19 bits per heavy atom. The van der Waals surface area contributed by atoms with Crippen LogP contribution in [0.15, 0.2) is 33.6 Å². The van der Waals surface area contributed by atoms with Crippen molar-refractivity contribution in [1.29, 1.82) is 0 Å². The summed E-state index contributed by atoms with van der Waals surface area (Å²) < 4.78 is 26.7. The van der Waals surface area contributed by atoms with E-state index in [-0.39, 0.29) is 10.8 Å². The van der Waals surface area contributed by atoms with E-state index in [1.165, 1.54) is 24.3 Å². The third kappa shape index (κ3) is 2.15. The highest BCUT2D eigenvalue weighted by Crippen LogP contribution is 2.23. The van der Waals surface area contributed by atoms with Gasteiger partial charge in [-0.3, -0.25) is 0 Å². The molecule has 0 bridgehead atoms. The van der Waals surface area contributed by atoms with Gasteiger partial charge in [-0.05, 0) is 24.3 Å². The maximum Gasteiger partial charge on any atom is 0.412 e. The fourth-order valence-electron chi connectivity index (χ4n) is 1.09. The van der Waals surface area contributed by atoms with Gasteiger partial charge in [-0.2, -0.15) is 0 Å². The Kier molecular flexibility index (Phi) is 2.56. The van der Waals surface area contributed by atoms with Crippen molar-refractivity contribution in [2.75, 3.05) is 0 Å². The van der Waals surface area contributed by atoms with E-state index in [1.807, 2.05) is 0 Å². The van der Waals surface area contributed by atoms with Crippen molar-refractivity contribution >= 4 is 19.7 Å². The van der Waals surface area contributed by atoms with Crippen LogP contribution in [0.4, 0.5) is 0 Å². The summed E-state index contributed by atoms with van der Waals surface area (Å²) >= 11 is 0. The van der Waals surface area contributed by atoms with Crippen molar-refractivity contribution in [2.24, 2.45) is 0 Å². The Hall–Kier alpha value is -1.60. The fraction of sp³-hybridized carbons (Fsp3) is 0. The van der Waals surface area contributed by atoms with E-state index in [2.05, 4.69) is 10.2 Å². The Morgan fingerprint density at radius 2 is 1.81 bits per heavy atom. The summed E-state index contributed by atoms with van der Waals surface area (Å²) in [4.78, 5) is -0.0262. The molecule has 16 heavy (non-hydrogen) atoms. The second-order valence-corrected chi connectivity index (χ2v) is 5.42. The highest BCUT2D eigenvalue weighted by molar-refractivity contribution is 8.13. The molecule has 0 aliphatic carbocycles. The summed E-state index contributed by atoms with van der Waals surface area (Å²) in [6.07, 6.45) is -0.552. The first-order valence-corrected chi connectivity index (χ1v) is 6.35. The lowest BCUT2D eigenvalue weighted by atomic mass is 10.2. The van der Waals surface area contributed by atoms with Gasteiger partial charge in [0.05, 0.1) is 4.90 Å². The molecule has 0 fully saturated rings. The molecule has 0 saturated heterocycles. The molecular formula is C8H5ClN2O4S. The SMILES string of the molecule is O=S(=O)(Cl)c1ccc(-c2nnc(O)o2)cc1. The normalized spacial score (nSPS) is 11.6. The first-order valence-electron chi connectivity index (χ1n) is 4.04. The third-order valence-electron chi connectivity index (χ3n) is 1.80. The summed E-state index contributed by atoms with van der Waals surface area (Å²) in [5.41, 5.74) is 0.483. The van der Waals surface area contributed by atoms with Crippen LogP contribution >= 0.6 is 10.7 Å². The molecule has 0 spiro atoms. The maximum absolute atomic E-state index is 11.0. The van der Waals surface area contributed by atoms with Crippen molar-refractivity contribution < 1.29 is 17.9 Å². The average molecular weight is 261 g/mol. The molecule has 1 heterocycles. The topological polar surface area (TPSA) is 93.3 Å². The van der Waals surface area contributed by atoms with Gasteiger partial charge >= 0.3 is 6.08 Å². The van der Waals surface area contributed by atoms with Crippen molar-refractivity contribution in [3.05, 3.63) is 24.3 Å². The smallest absolute Gasteiger partial charge is 0.412 e. The number of nitrogens with zero attached hydrogens (tertiary/aromatic N) is 2. The second kappa shape index (κ2) is 3.76. The Bertz CT molecular complexity index is 605. The van der Waals surface area contributed by atoms with E-state index in [9.17, 15) is 8.42 Å². The zero-order chi connectivity index (χ0) is 11.8. The molecule has 0 aliphatic heterocycles. The summed E-state index contributed by atoms with van der Waals surface area (Å²) in [5, 5.41) is 15.6. The quantitative estimate of drug-likeness (QED) is 0.820. The molecule has 2 rings (SSSR count). The van der Waals surface area contributed by atoms with Crippen LogP contribution in [0.3, 0.4) is 0 Å². The van der Waals surface area contributed by atoms with Gasteiger partial charge in [-0.25, -0.2) is 8.42 Å². The lowest BCUT2D eigenvalue weighted by Crippen LogP contribution is -1.89. The van der Waals surface area contributed by atoms with Crippen LogP contribution in [-0.2, 0) is 9.05 Å². The minimum atomic E-state index is -3.74. The number of hydrogen-bond acceptors (Lipinski definition) is 6. The van der Waals surface area contributed by atoms with E-state index >= 15 is 0 Å². The van der Waals surface area contributed by atoms with Gasteiger partial charge in [-0.1, -0.05) is 5.10 Å². The summed E-state index contributed by atoms with van der Waals surface area (Å²) in [5.74, 6) is 0.0935. The standard InChI is InChI=1S/C8H5ClN2O4S/c9-16(13,14)6-3-1-5(2-4-6)7-10-11-8(12)15-7/h1-4H,(H,11,12). The number of aromatic nitrogens is 2. The summed E-state index contributed by atoms with van der Waals surface area (Å²) in [6, 6.07) is 5.50. The van der Waals surface area contributed by atoms with Crippen molar-refractivity contribution in [2.45, 2.75) is 4.90 Å².